The molecule has 55 heavy (non-hydrogen) atoms. The molecule has 9 aromatic carbocycles. The Morgan fingerprint density at radius 3 is 1.56 bits per heavy atom. The molecule has 0 aliphatic heterocycles. The van der Waals surface area contributed by atoms with Crippen LogP contribution in [0, 0.1) is 0 Å². The number of fused-ring (bicyclic) bond motifs is 6. The molecule has 0 N–H and O–H groups in total. The Morgan fingerprint density at radius 2 is 0.855 bits per heavy atom. The van der Waals surface area contributed by atoms with Crippen molar-refractivity contribution in [3.63, 3.8) is 0 Å². The van der Waals surface area contributed by atoms with Crippen LogP contribution in [0.15, 0.2) is 192 Å². The summed E-state index contributed by atoms with van der Waals surface area (Å²) in [4.78, 5) is 15.4. The van der Waals surface area contributed by atoms with Crippen LogP contribution in [0.4, 0.5) is 0 Å². The molecular formula is C51H31N3O. The smallest absolute Gasteiger partial charge is 0.164 e. The van der Waals surface area contributed by atoms with Gasteiger partial charge in [-0.3, -0.25) is 0 Å². The van der Waals surface area contributed by atoms with Crippen LogP contribution in [0.3, 0.4) is 0 Å². The maximum Gasteiger partial charge on any atom is 0.164 e. The van der Waals surface area contributed by atoms with Gasteiger partial charge in [-0.2, -0.15) is 0 Å². The summed E-state index contributed by atoms with van der Waals surface area (Å²) in [6.07, 6.45) is 0. The van der Waals surface area contributed by atoms with Gasteiger partial charge in [-0.1, -0.05) is 164 Å². The van der Waals surface area contributed by atoms with Crippen LogP contribution < -0.4 is 0 Å². The highest BCUT2D eigenvalue weighted by molar-refractivity contribution is 6.27. The Balaban J connectivity index is 1.24. The topological polar surface area (TPSA) is 51.8 Å². The minimum absolute atomic E-state index is 0.621. The molecule has 11 aromatic rings. The van der Waals surface area contributed by atoms with Crippen LogP contribution in [-0.4, -0.2) is 15.0 Å². The zero-order valence-electron chi connectivity index (χ0n) is 29.6. The van der Waals surface area contributed by atoms with Gasteiger partial charge >= 0.3 is 0 Å². The van der Waals surface area contributed by atoms with Crippen molar-refractivity contribution in [1.82, 2.24) is 15.0 Å². The van der Waals surface area contributed by atoms with Gasteiger partial charge < -0.3 is 4.42 Å². The molecule has 0 amide bonds. The Morgan fingerprint density at radius 1 is 0.327 bits per heavy atom. The van der Waals surface area contributed by atoms with Crippen LogP contribution in [-0.2, 0) is 0 Å². The van der Waals surface area contributed by atoms with Crippen molar-refractivity contribution >= 4 is 54.3 Å². The molecular weight excluding hydrogens is 671 g/mol. The van der Waals surface area contributed by atoms with Crippen molar-refractivity contribution < 1.29 is 4.42 Å². The van der Waals surface area contributed by atoms with E-state index in [1.165, 1.54) is 10.8 Å². The molecule has 0 fully saturated rings. The van der Waals surface area contributed by atoms with Crippen LogP contribution >= 0.6 is 0 Å². The number of furan rings is 1. The second kappa shape index (κ2) is 12.6. The molecule has 0 saturated heterocycles. The summed E-state index contributed by atoms with van der Waals surface area (Å²) >= 11 is 0. The van der Waals surface area contributed by atoms with Crippen molar-refractivity contribution in [2.75, 3.05) is 0 Å². The van der Waals surface area contributed by atoms with E-state index < -0.39 is 0 Å². The molecule has 0 aliphatic carbocycles. The Bertz CT molecular complexity index is 3200. The lowest BCUT2D eigenvalue weighted by Crippen LogP contribution is -2.01. The Kier molecular flexibility index (Phi) is 7.14. The van der Waals surface area contributed by atoms with Gasteiger partial charge in [-0.05, 0) is 67.7 Å². The Labute approximate surface area is 317 Å². The summed E-state index contributed by atoms with van der Waals surface area (Å²) in [7, 11) is 0. The van der Waals surface area contributed by atoms with Crippen molar-refractivity contribution in [3.8, 4) is 56.4 Å². The summed E-state index contributed by atoms with van der Waals surface area (Å²) in [5.41, 5.74) is 8.94. The van der Waals surface area contributed by atoms with E-state index in [1.807, 2.05) is 66.7 Å². The molecule has 0 unspecified atom stereocenters. The third-order valence-corrected chi connectivity index (χ3v) is 10.7. The average molecular weight is 702 g/mol. The summed E-state index contributed by atoms with van der Waals surface area (Å²) in [6.45, 7) is 0. The first-order valence-electron chi connectivity index (χ1n) is 18.5. The molecule has 11 rings (SSSR count). The standard InChI is InChI=1S/C51H31N3O/c1-3-16-33(17-4-1)49-52-50(34-18-5-2-6-19-34)54-51(53-49)43-31-38(30-36-21-9-10-22-39(36)43)45-40-23-11-12-24-41(40)46(37-28-27-32-15-7-8-20-35(32)29-37)48-47(45)42-25-13-14-26-44(42)55-48/h1-31H. The minimum atomic E-state index is 0.621. The summed E-state index contributed by atoms with van der Waals surface area (Å²) in [6, 6.07) is 65.7. The summed E-state index contributed by atoms with van der Waals surface area (Å²) < 4.78 is 6.92. The number of aromatic nitrogens is 3. The number of para-hydroxylation sites is 1. The minimum Gasteiger partial charge on any atom is -0.455 e. The third-order valence-electron chi connectivity index (χ3n) is 10.7. The molecule has 0 radical (unpaired) electrons. The number of hydrogen-bond acceptors (Lipinski definition) is 4. The highest BCUT2D eigenvalue weighted by Crippen LogP contribution is 2.49. The van der Waals surface area contributed by atoms with Gasteiger partial charge in [-0.15, -0.1) is 0 Å². The molecule has 2 heterocycles. The quantitative estimate of drug-likeness (QED) is 0.179. The average Bonchev–Trinajstić information content (AvgIpc) is 3.64. The van der Waals surface area contributed by atoms with E-state index >= 15 is 0 Å². The van der Waals surface area contributed by atoms with E-state index in [9.17, 15) is 0 Å². The molecule has 256 valence electrons. The second-order valence-electron chi connectivity index (χ2n) is 13.9. The number of hydrogen-bond donors (Lipinski definition) is 0. The first-order chi connectivity index (χ1) is 27.3. The van der Waals surface area contributed by atoms with Gasteiger partial charge in [-0.25, -0.2) is 15.0 Å². The lowest BCUT2D eigenvalue weighted by Gasteiger charge is -2.17. The monoisotopic (exact) mass is 701 g/mol. The predicted octanol–water partition coefficient (Wildman–Crippen LogP) is 13.6. The maximum atomic E-state index is 6.92. The molecule has 0 saturated carbocycles. The molecule has 0 atom stereocenters. The summed E-state index contributed by atoms with van der Waals surface area (Å²) in [5, 5.41) is 9.02. The van der Waals surface area contributed by atoms with Crippen molar-refractivity contribution in [2.45, 2.75) is 0 Å². The van der Waals surface area contributed by atoms with Gasteiger partial charge in [0, 0.05) is 38.6 Å². The van der Waals surface area contributed by atoms with Gasteiger partial charge in [0.2, 0.25) is 0 Å². The highest BCUT2D eigenvalue weighted by atomic mass is 16.3. The zero-order valence-corrected chi connectivity index (χ0v) is 29.6. The molecule has 4 heteroatoms. The van der Waals surface area contributed by atoms with E-state index in [4.69, 9.17) is 19.4 Å². The van der Waals surface area contributed by atoms with E-state index in [0.29, 0.717) is 17.5 Å². The van der Waals surface area contributed by atoms with Gasteiger partial charge in [0.15, 0.2) is 17.5 Å². The second-order valence-corrected chi connectivity index (χ2v) is 13.9. The zero-order chi connectivity index (χ0) is 36.3. The van der Waals surface area contributed by atoms with Gasteiger partial charge in [0.25, 0.3) is 0 Å². The first-order valence-corrected chi connectivity index (χ1v) is 18.5. The maximum absolute atomic E-state index is 6.92. The number of benzene rings is 9. The fourth-order valence-electron chi connectivity index (χ4n) is 8.15. The first kappa shape index (κ1) is 31.1. The van der Waals surface area contributed by atoms with Gasteiger partial charge in [0.05, 0.1) is 0 Å². The predicted molar refractivity (Wildman–Crippen MR) is 227 cm³/mol. The SMILES string of the molecule is c1ccc(-c2nc(-c3ccccc3)nc(-c3cc(-c4c5ccccc5c(-c5ccc6ccccc6c5)c5oc6ccccc6c45)cc4ccccc34)n2)cc1. The molecule has 2 aromatic heterocycles. The summed E-state index contributed by atoms with van der Waals surface area (Å²) in [5.74, 6) is 1.89. The third kappa shape index (κ3) is 5.19. The lowest BCUT2D eigenvalue weighted by atomic mass is 9.86. The van der Waals surface area contributed by atoms with Crippen molar-refractivity contribution in [2.24, 2.45) is 0 Å². The van der Waals surface area contributed by atoms with Crippen molar-refractivity contribution in [3.05, 3.63) is 188 Å². The molecule has 4 nitrogen and oxygen atoms in total. The fourth-order valence-corrected chi connectivity index (χ4v) is 8.15. The largest absolute Gasteiger partial charge is 0.455 e. The van der Waals surface area contributed by atoms with E-state index in [0.717, 1.165) is 82.4 Å². The highest BCUT2D eigenvalue weighted by Gasteiger charge is 2.24. The van der Waals surface area contributed by atoms with E-state index in [1.54, 1.807) is 0 Å². The lowest BCUT2D eigenvalue weighted by molar-refractivity contribution is 0.670. The van der Waals surface area contributed by atoms with E-state index in [2.05, 4.69) is 121 Å². The molecule has 0 bridgehead atoms. The van der Waals surface area contributed by atoms with Crippen LogP contribution in [0.25, 0.3) is 111 Å². The Hall–Kier alpha value is -7.43. The van der Waals surface area contributed by atoms with Crippen LogP contribution in [0.2, 0.25) is 0 Å². The van der Waals surface area contributed by atoms with Crippen LogP contribution in [0.1, 0.15) is 0 Å². The van der Waals surface area contributed by atoms with Crippen LogP contribution in [0.5, 0.6) is 0 Å². The van der Waals surface area contributed by atoms with Gasteiger partial charge in [0.1, 0.15) is 11.2 Å². The molecule has 0 spiro atoms. The normalized spacial score (nSPS) is 11.6. The number of rotatable bonds is 5. The number of nitrogens with zero attached hydrogens (tertiary/aromatic N) is 3. The molecule has 0 aliphatic rings. The van der Waals surface area contributed by atoms with Crippen molar-refractivity contribution in [1.29, 1.82) is 0 Å². The fraction of sp³-hybridized carbons (Fsp3) is 0. The van der Waals surface area contributed by atoms with E-state index in [-0.39, 0.29) is 0 Å².